The van der Waals surface area contributed by atoms with E-state index in [0.29, 0.717) is 80.9 Å². The number of hydrogen-bond acceptors (Lipinski definition) is 11. The Kier molecular flexibility index (Phi) is 20.4. The SMILES string of the molecule is CC(=O)Oc1ccc(C[N+]2(CC(=O)C[C@@H](CCc3ccccc3)C(=O)N[C@@H](CC(C)C)C(=O)C[C@@H](Cc3ccccc3)C(=O)N[C@@H](CC(C)C)C(=O)[C@@]3(C)CO3)CCOCC2)cc1OCc1ccc(C=O)cc1. The number of carbonyl (C=O) groups is 7. The van der Waals surface area contributed by atoms with Crippen LogP contribution in [0.25, 0.3) is 0 Å². The van der Waals surface area contributed by atoms with E-state index in [2.05, 4.69) is 10.6 Å². The predicted molar refractivity (Wildman–Crippen MR) is 277 cm³/mol. The Bertz CT molecular complexity index is 2500. The zero-order chi connectivity index (χ0) is 52.5. The molecule has 2 amide bonds. The van der Waals surface area contributed by atoms with Crippen molar-refractivity contribution in [2.75, 3.05) is 39.5 Å². The second-order valence-corrected chi connectivity index (χ2v) is 21.0. The summed E-state index contributed by atoms with van der Waals surface area (Å²) >= 11 is 0. The van der Waals surface area contributed by atoms with E-state index in [0.717, 1.165) is 28.5 Å². The van der Waals surface area contributed by atoms with Gasteiger partial charge >= 0.3 is 5.97 Å². The lowest BCUT2D eigenvalue weighted by atomic mass is 9.87. The number of hydrogen-bond donors (Lipinski definition) is 2. The molecule has 390 valence electrons. The molecule has 2 heterocycles. The summed E-state index contributed by atoms with van der Waals surface area (Å²) in [5, 5.41) is 6.09. The van der Waals surface area contributed by atoms with E-state index in [1.54, 1.807) is 37.3 Å². The summed E-state index contributed by atoms with van der Waals surface area (Å²) in [6.45, 7) is 13.9. The minimum Gasteiger partial charge on any atom is -0.485 e. The van der Waals surface area contributed by atoms with Crippen LogP contribution >= 0.6 is 0 Å². The normalized spacial score (nSPS) is 17.6. The van der Waals surface area contributed by atoms with Crippen LogP contribution in [-0.2, 0) is 64.2 Å². The number of carbonyl (C=O) groups excluding carboxylic acids is 7. The first kappa shape index (κ1) is 56.0. The lowest BCUT2D eigenvalue weighted by molar-refractivity contribution is -0.940. The zero-order valence-electron chi connectivity index (χ0n) is 43.4. The van der Waals surface area contributed by atoms with Crippen molar-refractivity contribution in [1.29, 1.82) is 0 Å². The number of Topliss-reactive ketones (excluding diaryl/α,β-unsaturated/α-hetero) is 3. The maximum Gasteiger partial charge on any atom is 0.308 e. The average Bonchev–Trinajstić information content (AvgIpc) is 4.12. The number of aldehydes is 1. The lowest BCUT2D eigenvalue weighted by Gasteiger charge is -2.41. The van der Waals surface area contributed by atoms with Crippen molar-refractivity contribution in [3.8, 4) is 11.5 Å². The van der Waals surface area contributed by atoms with E-state index in [9.17, 15) is 33.6 Å². The van der Waals surface area contributed by atoms with Crippen molar-refractivity contribution in [3.05, 3.63) is 131 Å². The summed E-state index contributed by atoms with van der Waals surface area (Å²) in [5.41, 5.74) is 3.12. The molecule has 4 aromatic carbocycles. The number of amides is 2. The van der Waals surface area contributed by atoms with Crippen LogP contribution in [0.15, 0.2) is 103 Å². The summed E-state index contributed by atoms with van der Waals surface area (Å²) in [4.78, 5) is 95.0. The topological polar surface area (TPSA) is 184 Å². The van der Waals surface area contributed by atoms with Gasteiger partial charge in [0.15, 0.2) is 28.8 Å². The van der Waals surface area contributed by atoms with Gasteiger partial charge in [-0.05, 0) is 85.8 Å². The van der Waals surface area contributed by atoms with Gasteiger partial charge in [-0.25, -0.2) is 0 Å². The lowest BCUT2D eigenvalue weighted by Crippen LogP contribution is -2.57. The quantitative estimate of drug-likeness (QED) is 0.0178. The standard InChI is InChI=1S/C59H73N3O11/c1-40(2)29-51(53(66)34-49(31-44-15-11-8-12-16-44)58(69)61-52(30-41(3)4)56(67)59(6)39-72-59)60-57(68)48(23-21-43-13-9-7-10-14-43)33-50(65)36-62(25-27-70-28-26-62)35-47-22-24-54(73-42(5)64)55(32-47)71-38-46-19-17-45(37-63)18-20-46/h7-20,22,24,32,37,40-41,48-49,51-52H,21,23,25-31,33-36,38-39H2,1-6H3,(H-,60,61,68,69)/p+1/t48-,49-,51+,52+,59-/m1/s1. The van der Waals surface area contributed by atoms with E-state index in [1.165, 1.54) is 6.92 Å². The number of morpholine rings is 1. The molecule has 5 atom stereocenters. The number of nitrogens with one attached hydrogen (secondary N) is 2. The van der Waals surface area contributed by atoms with Gasteiger partial charge in [0.1, 0.15) is 44.7 Å². The first-order valence-electron chi connectivity index (χ1n) is 25.8. The first-order valence-corrected chi connectivity index (χ1v) is 25.8. The minimum absolute atomic E-state index is 0.00187. The van der Waals surface area contributed by atoms with Crippen LogP contribution in [0.2, 0.25) is 0 Å². The summed E-state index contributed by atoms with van der Waals surface area (Å²) < 4.78 is 23.3. The molecule has 0 spiro atoms. The number of epoxide rings is 1. The Morgan fingerprint density at radius 1 is 0.712 bits per heavy atom. The Morgan fingerprint density at radius 2 is 1.30 bits per heavy atom. The van der Waals surface area contributed by atoms with Gasteiger partial charge in [-0.1, -0.05) is 113 Å². The van der Waals surface area contributed by atoms with Crippen molar-refractivity contribution in [1.82, 2.24) is 10.6 Å². The molecule has 0 aliphatic carbocycles. The van der Waals surface area contributed by atoms with E-state index < -0.39 is 47.3 Å². The fourth-order valence-electron chi connectivity index (χ4n) is 9.56. The first-order chi connectivity index (χ1) is 34.9. The number of quaternary nitrogens is 1. The molecular weight excluding hydrogens is 927 g/mol. The zero-order valence-corrected chi connectivity index (χ0v) is 43.4. The molecule has 2 fully saturated rings. The molecule has 0 bridgehead atoms. The van der Waals surface area contributed by atoms with E-state index >= 15 is 0 Å². The number of rotatable bonds is 29. The number of ketones is 3. The Morgan fingerprint density at radius 3 is 1.90 bits per heavy atom. The molecule has 2 saturated heterocycles. The average molecular weight is 1000 g/mol. The van der Waals surface area contributed by atoms with Crippen LogP contribution in [0, 0.1) is 23.7 Å². The number of nitrogens with zero attached hydrogens (tertiary/aromatic N) is 1. The third-order valence-electron chi connectivity index (χ3n) is 13.7. The third kappa shape index (κ3) is 17.4. The largest absolute Gasteiger partial charge is 0.485 e. The minimum atomic E-state index is -0.943. The summed E-state index contributed by atoms with van der Waals surface area (Å²) in [7, 11) is 0. The number of esters is 1. The maximum atomic E-state index is 14.7. The molecular formula is C59H74N3O11+. The van der Waals surface area contributed by atoms with Gasteiger partial charge in [0.05, 0.1) is 31.9 Å². The van der Waals surface area contributed by atoms with Crippen LogP contribution in [-0.4, -0.2) is 103 Å². The van der Waals surface area contributed by atoms with Crippen molar-refractivity contribution >= 4 is 41.4 Å². The molecule has 2 N–H and O–H groups in total. The van der Waals surface area contributed by atoms with E-state index in [4.69, 9.17) is 18.9 Å². The summed E-state index contributed by atoms with van der Waals surface area (Å²) in [5.74, 6) is -2.80. The van der Waals surface area contributed by atoms with Crippen molar-refractivity contribution in [2.45, 2.75) is 117 Å². The monoisotopic (exact) mass is 1000 g/mol. The molecule has 0 saturated carbocycles. The number of ether oxygens (including phenoxy) is 4. The fourth-order valence-corrected chi connectivity index (χ4v) is 9.56. The van der Waals surface area contributed by atoms with Gasteiger partial charge in [0.25, 0.3) is 0 Å². The van der Waals surface area contributed by atoms with E-state index in [1.807, 2.05) is 100 Å². The molecule has 2 aliphatic heterocycles. The highest BCUT2D eigenvalue weighted by atomic mass is 16.6. The van der Waals surface area contributed by atoms with Gasteiger partial charge < -0.3 is 34.1 Å². The Balaban J connectivity index is 1.21. The Hall–Kier alpha value is -6.35. The van der Waals surface area contributed by atoms with Crippen molar-refractivity contribution < 1.29 is 57.0 Å². The molecule has 0 radical (unpaired) electrons. The van der Waals surface area contributed by atoms with Crippen molar-refractivity contribution in [2.24, 2.45) is 23.7 Å². The molecule has 73 heavy (non-hydrogen) atoms. The highest BCUT2D eigenvalue weighted by Gasteiger charge is 2.50. The molecule has 4 aromatic rings. The van der Waals surface area contributed by atoms with Crippen LogP contribution in [0.4, 0.5) is 0 Å². The van der Waals surface area contributed by atoms with Crippen molar-refractivity contribution in [3.63, 3.8) is 0 Å². The molecule has 6 rings (SSSR count). The van der Waals surface area contributed by atoms with Crippen LogP contribution in [0.1, 0.15) is 106 Å². The summed E-state index contributed by atoms with van der Waals surface area (Å²) in [6.07, 6.45) is 2.41. The predicted octanol–water partition coefficient (Wildman–Crippen LogP) is 7.80. The second-order valence-electron chi connectivity index (χ2n) is 21.0. The van der Waals surface area contributed by atoms with Crippen LogP contribution in [0.3, 0.4) is 0 Å². The Labute approximate surface area is 430 Å². The van der Waals surface area contributed by atoms with E-state index in [-0.39, 0.29) is 67.3 Å². The smallest absolute Gasteiger partial charge is 0.308 e. The highest BCUT2D eigenvalue weighted by molar-refractivity contribution is 5.98. The molecule has 0 unspecified atom stereocenters. The van der Waals surface area contributed by atoms with Gasteiger partial charge in [-0.3, -0.25) is 33.6 Å². The van der Waals surface area contributed by atoms with Gasteiger partial charge in [-0.2, -0.15) is 0 Å². The van der Waals surface area contributed by atoms with Gasteiger partial charge in [-0.15, -0.1) is 0 Å². The molecule has 0 aromatic heterocycles. The maximum absolute atomic E-state index is 14.7. The number of benzene rings is 4. The van der Waals surface area contributed by atoms with Gasteiger partial charge in [0, 0.05) is 42.7 Å². The fraction of sp³-hybridized carbons (Fsp3) is 0.475. The second kappa shape index (κ2) is 26.6. The molecule has 2 aliphatic rings. The number of aryl methyl sites for hydroxylation is 1. The summed E-state index contributed by atoms with van der Waals surface area (Å²) in [6, 6.07) is 29.8. The highest BCUT2D eigenvalue weighted by Crippen LogP contribution is 2.33. The molecule has 14 heteroatoms. The third-order valence-corrected chi connectivity index (χ3v) is 13.7. The van der Waals surface area contributed by atoms with Crippen LogP contribution < -0.4 is 20.1 Å². The van der Waals surface area contributed by atoms with Crippen LogP contribution in [0.5, 0.6) is 11.5 Å². The van der Waals surface area contributed by atoms with Gasteiger partial charge in [0.2, 0.25) is 11.8 Å². The molecule has 14 nitrogen and oxygen atoms in total.